The van der Waals surface area contributed by atoms with Crippen LogP contribution in [0.4, 0.5) is 11.9 Å². The largest absolute Gasteiger partial charge is 0.479 e. The second-order valence-corrected chi connectivity index (χ2v) is 31.3. The van der Waals surface area contributed by atoms with E-state index in [4.69, 9.17) is 58.0 Å². The highest BCUT2D eigenvalue weighted by atomic mass is 31.2. The van der Waals surface area contributed by atoms with Crippen molar-refractivity contribution in [2.45, 2.75) is 147 Å². The van der Waals surface area contributed by atoms with Gasteiger partial charge in [-0.05, 0) is 110 Å². The number of aryl methyl sites for hydroxylation is 2. The Bertz CT molecular complexity index is 4990. The molecule has 12 unspecified atom stereocenters. The summed E-state index contributed by atoms with van der Waals surface area (Å²) in [5.41, 5.74) is 9.80. The first-order valence-corrected chi connectivity index (χ1v) is 37.3. The summed E-state index contributed by atoms with van der Waals surface area (Å²) in [7, 11) is -7.11. The minimum atomic E-state index is -4.95. The highest BCUT2D eigenvalue weighted by Gasteiger charge is 2.57. The fraction of sp³-hybridized carbons (Fsp3) is 0.397. The second kappa shape index (κ2) is 29.6. The minimum Gasteiger partial charge on any atom is -0.479 e. The number of nitrogens with two attached hydrogens (primary N) is 2. The monoisotopic (exact) mass is 1480 g/mol. The number of carbonyl (C=O) groups is 2. The fourth-order valence-electron chi connectivity index (χ4n) is 13.5. The molecule has 10 aromatic rings. The Morgan fingerprint density at radius 3 is 1.65 bits per heavy atom. The number of aliphatic hydroxyl groups excluding tert-OH is 2. The van der Waals surface area contributed by atoms with Gasteiger partial charge in [0, 0.05) is 10.8 Å². The van der Waals surface area contributed by atoms with Gasteiger partial charge in [-0.1, -0.05) is 142 Å². The Kier molecular flexibility index (Phi) is 20.9. The van der Waals surface area contributed by atoms with Crippen molar-refractivity contribution >= 4 is 83.2 Å². The predicted octanol–water partition coefficient (Wildman–Crippen LogP) is 10.3. The van der Waals surface area contributed by atoms with Crippen LogP contribution >= 0.6 is 15.5 Å². The van der Waals surface area contributed by atoms with E-state index in [0.29, 0.717) is 45.7 Å². The number of aromatic nitrogens is 8. The molecule has 12 atom stereocenters. The maximum atomic E-state index is 16.2. The lowest BCUT2D eigenvalue weighted by atomic mass is 9.95. The van der Waals surface area contributed by atoms with Gasteiger partial charge >= 0.3 is 27.4 Å². The smallest absolute Gasteiger partial charge is 0.459 e. The minimum absolute atomic E-state index is 0.00358. The summed E-state index contributed by atoms with van der Waals surface area (Å²) >= 11 is 0. The molecule has 2 saturated heterocycles. The molecule has 2 aliphatic heterocycles. The molecule has 13 rings (SSSR count). The standard InChI is InChI=1S/C73H84N12O18P2/c1-40-76-57-61(78-69(74)80-63(57)94-8)84(40)67-72(6,90)59(86)53(100-67)37-97-104(92,82-55(43-23-12-10-13-24-43)66(89)99-46-28-14-11-15-29-46)103-52-35-21-32-49-47(31-20-33-50(49)52)44-26-18-27-45(36-44)56(65(88)96-39-71(3,4)5)83-105(93,102-51-34-19-25-42-22-16-17-30-48(42)51)98-38-54-60(87)73(7,91)68(101-54)85-41(2)77-58-62(85)79-70(75)81-64(58)95-9/h10,12-13,16-27,30-36,46,53-56,59-60,67-68,86-87,90-91H,11,14-15,28-29,37-39H2,1-9H3,(H,82,92)(H,83,93)(H2,74,78,80)(H2,75,79,81). The number of carbonyl (C=O) groups excluding carboxylic acids is 2. The topological polar surface area (TPSA) is 405 Å². The normalized spacial score (nSPS) is 23.2. The highest BCUT2D eigenvalue weighted by molar-refractivity contribution is 7.52. The maximum absolute atomic E-state index is 16.2. The van der Waals surface area contributed by atoms with Crippen LogP contribution in [0, 0.1) is 19.3 Å². The molecular weight excluding hydrogens is 1390 g/mol. The molecule has 0 amide bonds. The van der Waals surface area contributed by atoms with Gasteiger partial charge in [0.25, 0.3) is 0 Å². The summed E-state index contributed by atoms with van der Waals surface area (Å²) in [4.78, 5) is 55.8. The lowest BCUT2D eigenvalue weighted by Gasteiger charge is -2.29. The van der Waals surface area contributed by atoms with Crippen LogP contribution in [0.25, 0.3) is 55.0 Å². The molecule has 32 heteroatoms. The predicted molar refractivity (Wildman–Crippen MR) is 386 cm³/mol. The zero-order chi connectivity index (χ0) is 74.5. The summed E-state index contributed by atoms with van der Waals surface area (Å²) in [5, 5.41) is 56.3. The summed E-state index contributed by atoms with van der Waals surface area (Å²) in [6.07, 6.45) is -5.49. The van der Waals surface area contributed by atoms with Crippen molar-refractivity contribution in [3.8, 4) is 34.4 Å². The molecule has 1 aliphatic carbocycles. The quantitative estimate of drug-likeness (QED) is 0.0195. The van der Waals surface area contributed by atoms with Gasteiger partial charge in [0.2, 0.25) is 23.7 Å². The van der Waals surface area contributed by atoms with Crippen molar-refractivity contribution in [2.24, 2.45) is 5.41 Å². The summed E-state index contributed by atoms with van der Waals surface area (Å²) < 4.78 is 96.9. The van der Waals surface area contributed by atoms with Crippen LogP contribution in [-0.2, 0) is 46.7 Å². The van der Waals surface area contributed by atoms with Crippen molar-refractivity contribution in [1.29, 1.82) is 0 Å². The number of ether oxygens (including phenoxy) is 6. The number of nitrogen functional groups attached to an aromatic ring is 2. The van der Waals surface area contributed by atoms with Crippen LogP contribution < -0.4 is 40.2 Å². The van der Waals surface area contributed by atoms with Crippen molar-refractivity contribution < 1.29 is 85.7 Å². The zero-order valence-electron chi connectivity index (χ0n) is 59.2. The number of hydrogen-bond acceptors (Lipinski definition) is 26. The Balaban J connectivity index is 0.845. The number of rotatable bonds is 25. The number of fused-ring (bicyclic) bond motifs is 4. The van der Waals surface area contributed by atoms with E-state index >= 15 is 13.9 Å². The van der Waals surface area contributed by atoms with Crippen LogP contribution in [0.2, 0.25) is 0 Å². The SMILES string of the molecule is COc1nc(N)nc2c1nc(C)n2C1OC(COP(=O)(NC(C(=O)OCC(C)(C)C)c2cccc(-c3cccc4c(OP(=O)(NC(C(=O)OC5CCCCC5)c5ccccc5)OCC5OC(n6c(C)nc7c(OC)nc(N)nc76)C(C)(O)C5O)cccc34)c2)Oc2cccc3ccccc23)C(O)C1(C)O. The van der Waals surface area contributed by atoms with E-state index < -0.39 is 112 Å². The number of hydrogen-bond donors (Lipinski definition) is 8. The number of methoxy groups -OCH3 is 2. The zero-order valence-corrected chi connectivity index (χ0v) is 61.0. The molecule has 1 saturated carbocycles. The molecule has 0 spiro atoms. The summed E-state index contributed by atoms with van der Waals surface area (Å²) in [6, 6.07) is 34.9. The van der Waals surface area contributed by atoms with Gasteiger partial charge in [0.05, 0.1) is 34.0 Å². The van der Waals surface area contributed by atoms with Crippen molar-refractivity contribution in [2.75, 3.05) is 45.5 Å². The van der Waals surface area contributed by atoms with Crippen LogP contribution in [0.3, 0.4) is 0 Å². The van der Waals surface area contributed by atoms with Gasteiger partial charge in [-0.3, -0.25) is 18.2 Å². The van der Waals surface area contributed by atoms with E-state index in [1.807, 2.05) is 45.0 Å². The van der Waals surface area contributed by atoms with Crippen molar-refractivity contribution in [3.63, 3.8) is 0 Å². The summed E-state index contributed by atoms with van der Waals surface area (Å²) in [6.45, 7) is 10.1. The Morgan fingerprint density at radius 1 is 0.610 bits per heavy atom. The van der Waals surface area contributed by atoms with E-state index in [-0.39, 0.29) is 81.3 Å². The van der Waals surface area contributed by atoms with Gasteiger partial charge in [-0.2, -0.15) is 30.1 Å². The van der Waals surface area contributed by atoms with Crippen molar-refractivity contribution in [3.05, 3.63) is 156 Å². The number of nitrogens with one attached hydrogen (secondary N) is 2. The molecular formula is C73H84N12O18P2. The van der Waals surface area contributed by atoms with Gasteiger partial charge in [-0.25, -0.2) is 28.7 Å². The Hall–Kier alpha value is -9.26. The molecule has 30 nitrogen and oxygen atoms in total. The number of anilines is 2. The number of benzene rings is 6. The molecule has 6 aromatic carbocycles. The molecule has 554 valence electrons. The molecule has 0 bridgehead atoms. The fourth-order valence-corrected chi connectivity index (χ4v) is 16.6. The molecule has 0 radical (unpaired) electrons. The van der Waals surface area contributed by atoms with Gasteiger partial charge in [0.1, 0.15) is 77.0 Å². The Morgan fingerprint density at radius 2 is 1.09 bits per heavy atom. The van der Waals surface area contributed by atoms with Crippen LogP contribution in [0.5, 0.6) is 23.3 Å². The third-order valence-electron chi connectivity index (χ3n) is 18.8. The molecule has 6 heterocycles. The summed E-state index contributed by atoms with van der Waals surface area (Å²) in [5.74, 6) is -1.14. The van der Waals surface area contributed by atoms with E-state index in [2.05, 4.69) is 40.1 Å². The van der Waals surface area contributed by atoms with E-state index in [9.17, 15) is 25.2 Å². The first-order chi connectivity index (χ1) is 50.1. The van der Waals surface area contributed by atoms with E-state index in [1.54, 1.807) is 123 Å². The van der Waals surface area contributed by atoms with Gasteiger partial charge in [-0.15, -0.1) is 0 Å². The number of aliphatic hydroxyl groups is 4. The first kappa shape index (κ1) is 74.0. The molecule has 105 heavy (non-hydrogen) atoms. The lowest BCUT2D eigenvalue weighted by molar-refractivity contribution is -0.153. The lowest BCUT2D eigenvalue weighted by Crippen LogP contribution is -2.44. The van der Waals surface area contributed by atoms with Crippen LogP contribution in [0.15, 0.2) is 133 Å². The number of imidazole rings is 2. The molecule has 10 N–H and O–H groups in total. The van der Waals surface area contributed by atoms with Crippen LogP contribution in [0.1, 0.15) is 114 Å². The van der Waals surface area contributed by atoms with Gasteiger partial charge < -0.3 is 69.4 Å². The average Bonchev–Trinajstić information content (AvgIpc) is 1.60. The Labute approximate surface area is 603 Å². The molecule has 3 aliphatic rings. The van der Waals surface area contributed by atoms with E-state index in [0.717, 1.165) is 24.6 Å². The maximum Gasteiger partial charge on any atom is 0.459 e. The third-order valence-corrected chi connectivity index (χ3v) is 21.8. The average molecular weight is 1480 g/mol. The highest BCUT2D eigenvalue weighted by Crippen LogP contribution is 2.54. The third kappa shape index (κ3) is 15.2. The van der Waals surface area contributed by atoms with E-state index in [1.165, 1.54) is 37.2 Å². The van der Waals surface area contributed by atoms with Crippen molar-refractivity contribution in [1.82, 2.24) is 49.2 Å². The number of nitrogens with zero attached hydrogens (tertiary/aromatic N) is 8. The van der Waals surface area contributed by atoms with Crippen LogP contribution in [-0.4, -0.2) is 147 Å². The first-order valence-electron chi connectivity index (χ1n) is 34.3. The molecule has 4 aromatic heterocycles. The van der Waals surface area contributed by atoms with Gasteiger partial charge in [0.15, 0.2) is 34.8 Å². The molecule has 3 fully saturated rings. The number of esters is 2. The second-order valence-electron chi connectivity index (χ2n) is 27.9.